The third kappa shape index (κ3) is 18.7. The van der Waals surface area contributed by atoms with Crippen molar-refractivity contribution < 1.29 is 64.6 Å². The Bertz CT molecular complexity index is 1030. The monoisotopic (exact) mass is 790 g/mol. The molecule has 2 saturated heterocycles. The molecule has 1 amide bonds. The van der Waals surface area contributed by atoms with E-state index in [1.165, 1.54) is 83.5 Å². The largest absolute Gasteiger partial charge is 0.394 e. The second kappa shape index (κ2) is 29.6. The Kier molecular flexibility index (Phi) is 26.7. The topological polar surface area (TPSA) is 228 Å². The third-order valence-electron chi connectivity index (χ3n) is 10.4. The van der Waals surface area contributed by atoms with E-state index in [0.29, 0.717) is 12.8 Å². The molecule has 0 saturated carbocycles. The fraction of sp³-hybridized carbons (Fsp3) is 0.878. The van der Waals surface area contributed by atoms with E-state index < -0.39 is 86.8 Å². The maximum Gasteiger partial charge on any atom is 0.220 e. The van der Waals surface area contributed by atoms with Crippen LogP contribution in [-0.2, 0) is 23.7 Å². The molecule has 12 atom stereocenters. The molecule has 0 radical (unpaired) electrons. The highest BCUT2D eigenvalue weighted by molar-refractivity contribution is 5.76. The van der Waals surface area contributed by atoms with E-state index in [1.807, 2.05) is 13.0 Å². The van der Waals surface area contributed by atoms with Gasteiger partial charge in [-0.2, -0.15) is 0 Å². The molecule has 55 heavy (non-hydrogen) atoms. The van der Waals surface area contributed by atoms with Gasteiger partial charge in [-0.15, -0.1) is 0 Å². The lowest BCUT2D eigenvalue weighted by molar-refractivity contribution is -0.359. The van der Waals surface area contributed by atoms with Gasteiger partial charge in [0.1, 0.15) is 48.8 Å². The van der Waals surface area contributed by atoms with Crippen molar-refractivity contribution in [3.63, 3.8) is 0 Å². The average Bonchev–Trinajstić information content (AvgIpc) is 3.18. The second-order valence-corrected chi connectivity index (χ2v) is 15.1. The van der Waals surface area contributed by atoms with E-state index in [-0.39, 0.29) is 18.9 Å². The lowest BCUT2D eigenvalue weighted by atomic mass is 9.97. The molecule has 2 fully saturated rings. The van der Waals surface area contributed by atoms with Crippen molar-refractivity contribution in [3.05, 3.63) is 24.3 Å². The number of hydrogen-bond acceptors (Lipinski definition) is 13. The normalized spacial score (nSPS) is 29.9. The third-order valence-corrected chi connectivity index (χ3v) is 10.4. The zero-order valence-corrected chi connectivity index (χ0v) is 33.4. The van der Waals surface area contributed by atoms with Crippen molar-refractivity contribution in [1.29, 1.82) is 0 Å². The van der Waals surface area contributed by atoms with E-state index in [9.17, 15) is 45.6 Å². The number of allylic oxidation sites excluding steroid dienone is 3. The van der Waals surface area contributed by atoms with E-state index in [2.05, 4.69) is 24.4 Å². The lowest BCUT2D eigenvalue weighted by Gasteiger charge is -2.46. The molecule has 0 aliphatic carbocycles. The van der Waals surface area contributed by atoms with Gasteiger partial charge < -0.3 is 65.1 Å². The van der Waals surface area contributed by atoms with Crippen molar-refractivity contribution >= 4 is 5.91 Å². The zero-order valence-electron chi connectivity index (χ0n) is 33.4. The van der Waals surface area contributed by atoms with Crippen molar-refractivity contribution in [2.75, 3.05) is 19.8 Å². The summed E-state index contributed by atoms with van der Waals surface area (Å²) in [6.45, 7) is 2.48. The van der Waals surface area contributed by atoms with Crippen LogP contribution in [0.2, 0.25) is 0 Å². The molecule has 0 spiro atoms. The number of aliphatic hydroxyl groups is 8. The van der Waals surface area contributed by atoms with Gasteiger partial charge in [-0.1, -0.05) is 122 Å². The van der Waals surface area contributed by atoms with Crippen LogP contribution < -0.4 is 5.32 Å². The predicted molar refractivity (Wildman–Crippen MR) is 208 cm³/mol. The highest BCUT2D eigenvalue weighted by Gasteiger charge is 2.50. The number of unbranched alkanes of at least 4 members (excludes halogenated alkanes) is 15. The maximum atomic E-state index is 12.6. The van der Waals surface area contributed by atoms with Crippen molar-refractivity contribution in [2.45, 2.75) is 209 Å². The lowest BCUT2D eigenvalue weighted by Crippen LogP contribution is -2.65. The molecule has 0 bridgehead atoms. The Morgan fingerprint density at radius 2 is 1.16 bits per heavy atom. The van der Waals surface area contributed by atoms with Crippen LogP contribution in [-0.4, -0.2) is 140 Å². The minimum Gasteiger partial charge on any atom is -0.394 e. The Hall–Kier alpha value is -1.53. The Morgan fingerprint density at radius 3 is 1.76 bits per heavy atom. The number of carbonyl (C=O) groups is 1. The smallest absolute Gasteiger partial charge is 0.220 e. The summed E-state index contributed by atoms with van der Waals surface area (Å²) in [6.07, 6.45) is 12.3. The highest BCUT2D eigenvalue weighted by Crippen LogP contribution is 2.29. The van der Waals surface area contributed by atoms with Crippen molar-refractivity contribution in [2.24, 2.45) is 0 Å². The van der Waals surface area contributed by atoms with E-state index in [1.54, 1.807) is 6.08 Å². The van der Waals surface area contributed by atoms with Gasteiger partial charge in [0.25, 0.3) is 0 Å². The molecule has 12 unspecified atom stereocenters. The first kappa shape index (κ1) is 49.6. The second-order valence-electron chi connectivity index (χ2n) is 15.1. The molecule has 0 aromatic carbocycles. The summed E-state index contributed by atoms with van der Waals surface area (Å²) < 4.78 is 22.4. The van der Waals surface area contributed by atoms with Gasteiger partial charge >= 0.3 is 0 Å². The zero-order chi connectivity index (χ0) is 40.4. The van der Waals surface area contributed by atoms with Gasteiger partial charge in [0.15, 0.2) is 12.6 Å². The van der Waals surface area contributed by atoms with Gasteiger partial charge in [-0.05, 0) is 32.1 Å². The number of rotatable bonds is 30. The van der Waals surface area contributed by atoms with Gasteiger partial charge in [-0.25, -0.2) is 0 Å². The van der Waals surface area contributed by atoms with Gasteiger partial charge in [0, 0.05) is 6.42 Å². The van der Waals surface area contributed by atoms with Crippen LogP contribution in [0.25, 0.3) is 0 Å². The summed E-state index contributed by atoms with van der Waals surface area (Å²) >= 11 is 0. The van der Waals surface area contributed by atoms with E-state index in [0.717, 1.165) is 19.3 Å². The molecular formula is C41H75NO13. The summed E-state index contributed by atoms with van der Waals surface area (Å²) in [6, 6.07) is -0.921. The molecule has 322 valence electrons. The fourth-order valence-corrected chi connectivity index (χ4v) is 6.81. The molecule has 2 heterocycles. The van der Waals surface area contributed by atoms with Gasteiger partial charge in [0.05, 0.1) is 32.0 Å². The molecule has 0 aromatic heterocycles. The number of hydrogen-bond donors (Lipinski definition) is 9. The fourth-order valence-electron chi connectivity index (χ4n) is 6.81. The van der Waals surface area contributed by atoms with E-state index >= 15 is 0 Å². The SMILES string of the molecule is CCCCCCCCCCCCCCC/C=C/CC/C=C/C(O)C(COC1OC(CO)C(OC2OC(CO)C(O)C(O)C2O)C(O)C1O)NC(=O)CCCC. The van der Waals surface area contributed by atoms with Gasteiger partial charge in [0.2, 0.25) is 5.91 Å². The first-order valence-electron chi connectivity index (χ1n) is 21.1. The van der Waals surface area contributed by atoms with Crippen LogP contribution in [0.15, 0.2) is 24.3 Å². The molecule has 2 aliphatic heterocycles. The van der Waals surface area contributed by atoms with Gasteiger partial charge in [-0.3, -0.25) is 4.79 Å². The molecule has 2 aliphatic rings. The number of aliphatic hydroxyl groups excluding tert-OH is 8. The first-order valence-corrected chi connectivity index (χ1v) is 21.1. The summed E-state index contributed by atoms with van der Waals surface area (Å²) in [5.74, 6) is -0.287. The van der Waals surface area contributed by atoms with Crippen molar-refractivity contribution in [3.8, 4) is 0 Å². The Balaban J connectivity index is 1.79. The number of carbonyl (C=O) groups excluding carboxylic acids is 1. The van der Waals surface area contributed by atoms with Crippen LogP contribution in [0, 0.1) is 0 Å². The van der Waals surface area contributed by atoms with Crippen LogP contribution in [0.3, 0.4) is 0 Å². The Labute approximate surface area is 328 Å². The minimum atomic E-state index is -1.79. The number of amides is 1. The Morgan fingerprint density at radius 1 is 0.636 bits per heavy atom. The number of ether oxygens (including phenoxy) is 4. The quantitative estimate of drug-likeness (QED) is 0.0377. The molecule has 14 heteroatoms. The average molecular weight is 790 g/mol. The molecule has 9 N–H and O–H groups in total. The first-order chi connectivity index (χ1) is 26.6. The summed E-state index contributed by atoms with van der Waals surface area (Å²) in [7, 11) is 0. The maximum absolute atomic E-state index is 12.6. The standard InChI is InChI=1S/C41H75NO13/c1-3-5-7-8-9-10-11-12-13-14-15-16-17-18-19-20-21-22-23-24-30(45)29(42-33(46)25-6-4-2)28-52-40-38(51)36(49)39(32(27-44)54-40)55-41-37(50)35(48)34(47)31(26-43)53-41/h19-20,23-24,29-32,34-41,43-45,47-51H,3-18,21-22,25-28H2,1-2H3,(H,42,46)/b20-19+,24-23+. The van der Waals surface area contributed by atoms with Crippen LogP contribution in [0.4, 0.5) is 0 Å². The summed E-state index contributed by atoms with van der Waals surface area (Å²) in [4.78, 5) is 12.6. The highest BCUT2D eigenvalue weighted by atomic mass is 16.7. The van der Waals surface area contributed by atoms with Crippen molar-refractivity contribution in [1.82, 2.24) is 5.32 Å². The van der Waals surface area contributed by atoms with Crippen LogP contribution >= 0.6 is 0 Å². The molecular weight excluding hydrogens is 714 g/mol. The van der Waals surface area contributed by atoms with E-state index in [4.69, 9.17) is 18.9 Å². The molecule has 0 aromatic rings. The minimum absolute atomic E-state index is 0.248. The molecule has 14 nitrogen and oxygen atoms in total. The number of nitrogens with one attached hydrogen (secondary N) is 1. The summed E-state index contributed by atoms with van der Waals surface area (Å²) in [5, 5.41) is 85.6. The summed E-state index contributed by atoms with van der Waals surface area (Å²) in [5.41, 5.74) is 0. The predicted octanol–water partition coefficient (Wildman–Crippen LogP) is 3.04. The molecule has 2 rings (SSSR count). The van der Waals surface area contributed by atoms with Crippen LogP contribution in [0.1, 0.15) is 136 Å². The van der Waals surface area contributed by atoms with Crippen LogP contribution in [0.5, 0.6) is 0 Å².